The van der Waals surface area contributed by atoms with Crippen molar-refractivity contribution >= 4 is 27.5 Å². The summed E-state index contributed by atoms with van der Waals surface area (Å²) in [7, 11) is 1.90. The summed E-state index contributed by atoms with van der Waals surface area (Å²) in [6.07, 6.45) is 1.23. The Morgan fingerprint density at radius 1 is 1.21 bits per heavy atom. The van der Waals surface area contributed by atoms with E-state index in [9.17, 15) is 0 Å². The molecule has 6 heteroatoms. The fourth-order valence-corrected chi connectivity index (χ4v) is 3.34. The van der Waals surface area contributed by atoms with Gasteiger partial charge in [0.15, 0.2) is 0 Å². The largest absolute Gasteiger partial charge is 0.301 e. The van der Waals surface area contributed by atoms with Crippen molar-refractivity contribution in [1.29, 1.82) is 0 Å². The highest BCUT2D eigenvalue weighted by Crippen LogP contribution is 2.21. The average Bonchev–Trinajstić information content (AvgIpc) is 2.58. The van der Waals surface area contributed by atoms with Crippen LogP contribution in [0.3, 0.4) is 0 Å². The number of halogens is 2. The smallest absolute Gasteiger partial charge is 0.131 e. The van der Waals surface area contributed by atoms with Crippen LogP contribution in [0.5, 0.6) is 0 Å². The molecule has 0 unspecified atom stereocenters. The minimum absolute atomic E-state index is 0.777. The van der Waals surface area contributed by atoms with Crippen molar-refractivity contribution in [2.75, 3.05) is 38.1 Å². The third-order valence-electron chi connectivity index (χ3n) is 3.73. The van der Waals surface area contributed by atoms with Gasteiger partial charge in [0.1, 0.15) is 5.15 Å². The van der Waals surface area contributed by atoms with E-state index in [2.05, 4.69) is 30.8 Å². The quantitative estimate of drug-likeness (QED) is 0.780. The highest BCUT2D eigenvalue weighted by molar-refractivity contribution is 9.09. The Labute approximate surface area is 128 Å². The molecule has 0 aliphatic carbocycles. The van der Waals surface area contributed by atoms with E-state index in [0.717, 1.165) is 48.9 Å². The van der Waals surface area contributed by atoms with Crippen LogP contribution in [0.4, 0.5) is 0 Å². The Bertz CT molecular complexity index is 421. The summed E-state index contributed by atoms with van der Waals surface area (Å²) in [5, 5.41) is 6.22. The molecule has 0 saturated carbocycles. The minimum atomic E-state index is 0.777. The molecular formula is C13H22BrClN4. The first kappa shape index (κ1) is 15.3. The molecule has 4 nitrogen and oxygen atoms in total. The van der Waals surface area contributed by atoms with Crippen molar-refractivity contribution < 1.29 is 0 Å². The first-order chi connectivity index (χ1) is 9.11. The summed E-state index contributed by atoms with van der Waals surface area (Å²) < 4.78 is 1.77. The van der Waals surface area contributed by atoms with Crippen LogP contribution in [0.1, 0.15) is 17.7 Å². The first-order valence-electron chi connectivity index (χ1n) is 6.80. The van der Waals surface area contributed by atoms with Crippen LogP contribution in [0.25, 0.3) is 0 Å². The standard InChI is InChI=1S/C13H22BrClN4/c1-11-12(13(15)17(2)16-11)10-19-6-3-5-18(7-4-14)8-9-19/h3-10H2,1-2H3. The molecule has 1 aromatic rings. The highest BCUT2D eigenvalue weighted by Gasteiger charge is 2.18. The van der Waals surface area contributed by atoms with Crippen LogP contribution in [-0.2, 0) is 13.6 Å². The molecule has 2 heterocycles. The Kier molecular flexibility index (Phi) is 5.69. The van der Waals surface area contributed by atoms with E-state index in [1.807, 2.05) is 14.0 Å². The summed E-state index contributed by atoms with van der Waals surface area (Å²) in [5.74, 6) is 0. The summed E-state index contributed by atoms with van der Waals surface area (Å²) in [6.45, 7) is 8.68. The lowest BCUT2D eigenvalue weighted by atomic mass is 10.2. The molecule has 0 bridgehead atoms. The number of aromatic nitrogens is 2. The maximum Gasteiger partial charge on any atom is 0.131 e. The minimum Gasteiger partial charge on any atom is -0.301 e. The van der Waals surface area contributed by atoms with Crippen molar-refractivity contribution in [3.8, 4) is 0 Å². The Morgan fingerprint density at radius 3 is 2.53 bits per heavy atom. The zero-order chi connectivity index (χ0) is 13.8. The zero-order valence-corrected chi connectivity index (χ0v) is 14.0. The molecule has 2 rings (SSSR count). The highest BCUT2D eigenvalue weighted by atomic mass is 79.9. The second-order valence-corrected chi connectivity index (χ2v) is 6.29. The number of aryl methyl sites for hydroxylation is 2. The van der Waals surface area contributed by atoms with Gasteiger partial charge in [0.2, 0.25) is 0 Å². The Morgan fingerprint density at radius 2 is 1.89 bits per heavy atom. The summed E-state index contributed by atoms with van der Waals surface area (Å²) in [6, 6.07) is 0. The van der Waals surface area contributed by atoms with E-state index in [4.69, 9.17) is 11.6 Å². The van der Waals surface area contributed by atoms with Crippen LogP contribution in [0.15, 0.2) is 0 Å². The Hall–Kier alpha value is -0.100. The molecule has 1 aliphatic rings. The van der Waals surface area contributed by atoms with Gasteiger partial charge in [-0.1, -0.05) is 27.5 Å². The molecule has 1 aliphatic heterocycles. The maximum absolute atomic E-state index is 6.31. The van der Waals surface area contributed by atoms with Gasteiger partial charge < -0.3 is 4.90 Å². The number of rotatable bonds is 4. The fourth-order valence-electron chi connectivity index (χ4n) is 2.60. The molecule has 0 N–H and O–H groups in total. The second-order valence-electron chi connectivity index (χ2n) is 5.14. The molecule has 0 amide bonds. The fraction of sp³-hybridized carbons (Fsp3) is 0.769. The van der Waals surface area contributed by atoms with Gasteiger partial charge in [-0.25, -0.2) is 0 Å². The molecular weight excluding hydrogens is 328 g/mol. The summed E-state index contributed by atoms with van der Waals surface area (Å²) in [5.41, 5.74) is 2.23. The third-order valence-corrected chi connectivity index (χ3v) is 4.56. The SMILES string of the molecule is Cc1nn(C)c(Cl)c1CN1CCCN(CCBr)CC1. The van der Waals surface area contributed by atoms with E-state index < -0.39 is 0 Å². The van der Waals surface area contributed by atoms with Crippen molar-refractivity contribution in [2.24, 2.45) is 7.05 Å². The van der Waals surface area contributed by atoms with Gasteiger partial charge in [0.05, 0.1) is 5.69 Å². The first-order valence-corrected chi connectivity index (χ1v) is 8.30. The molecule has 0 aromatic carbocycles. The second kappa shape index (κ2) is 7.07. The summed E-state index contributed by atoms with van der Waals surface area (Å²) >= 11 is 9.83. The molecule has 0 spiro atoms. The van der Waals surface area contributed by atoms with Gasteiger partial charge in [-0.2, -0.15) is 5.10 Å². The van der Waals surface area contributed by atoms with Gasteiger partial charge in [0.25, 0.3) is 0 Å². The lowest BCUT2D eigenvalue weighted by molar-refractivity contribution is 0.258. The van der Waals surface area contributed by atoms with E-state index in [1.54, 1.807) is 4.68 Å². The lowest BCUT2D eigenvalue weighted by Crippen LogP contribution is -2.31. The van der Waals surface area contributed by atoms with Crippen LogP contribution in [0.2, 0.25) is 5.15 Å². The van der Waals surface area contributed by atoms with Crippen LogP contribution >= 0.6 is 27.5 Å². The number of hydrogen-bond donors (Lipinski definition) is 0. The van der Waals surface area contributed by atoms with Crippen molar-refractivity contribution in [3.63, 3.8) is 0 Å². The van der Waals surface area contributed by atoms with Gasteiger partial charge in [-0.3, -0.25) is 9.58 Å². The number of nitrogens with zero attached hydrogens (tertiary/aromatic N) is 4. The van der Waals surface area contributed by atoms with Crippen molar-refractivity contribution in [2.45, 2.75) is 19.9 Å². The average molecular weight is 350 g/mol. The van der Waals surface area contributed by atoms with E-state index >= 15 is 0 Å². The summed E-state index contributed by atoms with van der Waals surface area (Å²) in [4.78, 5) is 5.01. The Balaban J connectivity index is 1.96. The van der Waals surface area contributed by atoms with E-state index in [1.165, 1.54) is 18.5 Å². The molecule has 108 valence electrons. The molecule has 0 radical (unpaired) electrons. The molecule has 19 heavy (non-hydrogen) atoms. The van der Waals surface area contributed by atoms with Crippen molar-refractivity contribution in [3.05, 3.63) is 16.4 Å². The third kappa shape index (κ3) is 3.94. The molecule has 0 atom stereocenters. The number of hydrogen-bond acceptors (Lipinski definition) is 3. The van der Waals surface area contributed by atoms with Crippen LogP contribution in [0, 0.1) is 6.92 Å². The maximum atomic E-state index is 6.31. The predicted molar refractivity (Wildman–Crippen MR) is 83.1 cm³/mol. The van der Waals surface area contributed by atoms with Gasteiger partial charge in [0, 0.05) is 44.1 Å². The zero-order valence-electron chi connectivity index (χ0n) is 11.7. The topological polar surface area (TPSA) is 24.3 Å². The predicted octanol–water partition coefficient (Wildman–Crippen LogP) is 2.28. The van der Waals surface area contributed by atoms with Crippen LogP contribution < -0.4 is 0 Å². The van der Waals surface area contributed by atoms with Crippen molar-refractivity contribution in [1.82, 2.24) is 19.6 Å². The monoisotopic (exact) mass is 348 g/mol. The van der Waals surface area contributed by atoms with E-state index in [0.29, 0.717) is 0 Å². The molecule has 1 fully saturated rings. The number of alkyl halides is 1. The van der Waals surface area contributed by atoms with Gasteiger partial charge in [-0.15, -0.1) is 0 Å². The normalized spacial score (nSPS) is 18.7. The van der Waals surface area contributed by atoms with Crippen LogP contribution in [-0.4, -0.2) is 57.6 Å². The molecule has 1 saturated heterocycles. The molecule has 1 aromatic heterocycles. The van der Waals surface area contributed by atoms with E-state index in [-0.39, 0.29) is 0 Å². The van der Waals surface area contributed by atoms with Gasteiger partial charge >= 0.3 is 0 Å². The lowest BCUT2D eigenvalue weighted by Gasteiger charge is -2.21. The van der Waals surface area contributed by atoms with Gasteiger partial charge in [-0.05, 0) is 26.4 Å².